The van der Waals surface area contributed by atoms with Crippen LogP contribution in [-0.2, 0) is 4.79 Å². The first-order valence-corrected chi connectivity index (χ1v) is 8.70. The van der Waals surface area contributed by atoms with E-state index in [-0.39, 0.29) is 6.42 Å². The van der Waals surface area contributed by atoms with Crippen LogP contribution in [0.5, 0.6) is 0 Å². The van der Waals surface area contributed by atoms with E-state index in [1.54, 1.807) is 0 Å². The first kappa shape index (κ1) is 16.7. The van der Waals surface area contributed by atoms with Crippen molar-refractivity contribution in [1.82, 2.24) is 9.88 Å². The second kappa shape index (κ2) is 7.62. The van der Waals surface area contributed by atoms with E-state index in [0.29, 0.717) is 6.04 Å². The monoisotopic (exact) mass is 327 g/mol. The first-order chi connectivity index (χ1) is 11.6. The van der Waals surface area contributed by atoms with Crippen LogP contribution in [0.15, 0.2) is 36.4 Å². The fourth-order valence-electron chi connectivity index (χ4n) is 3.35. The SMILES string of the molecule is CC(CCCC(=O)O)N1CCN(c2ccc3ccccc3n2)CC1. The molecule has 2 heterocycles. The van der Waals surface area contributed by atoms with E-state index in [0.717, 1.165) is 50.4 Å². The van der Waals surface area contributed by atoms with Gasteiger partial charge < -0.3 is 10.0 Å². The predicted molar refractivity (Wildman–Crippen MR) is 96.5 cm³/mol. The molecule has 1 fully saturated rings. The van der Waals surface area contributed by atoms with Crippen LogP contribution in [0.25, 0.3) is 10.9 Å². The maximum Gasteiger partial charge on any atom is 0.303 e. The van der Waals surface area contributed by atoms with Crippen molar-refractivity contribution < 1.29 is 9.90 Å². The zero-order chi connectivity index (χ0) is 16.9. The van der Waals surface area contributed by atoms with Gasteiger partial charge in [-0.1, -0.05) is 18.2 Å². The number of carbonyl (C=O) groups is 1. The van der Waals surface area contributed by atoms with Crippen LogP contribution >= 0.6 is 0 Å². The molecular formula is C19H25N3O2. The third-order valence-corrected chi connectivity index (χ3v) is 4.86. The molecule has 1 unspecified atom stereocenters. The van der Waals surface area contributed by atoms with Crippen molar-refractivity contribution >= 4 is 22.7 Å². The Morgan fingerprint density at radius 1 is 1.17 bits per heavy atom. The number of hydrogen-bond donors (Lipinski definition) is 1. The van der Waals surface area contributed by atoms with Gasteiger partial charge in [-0.2, -0.15) is 0 Å². The molecule has 1 saturated heterocycles. The highest BCUT2D eigenvalue weighted by molar-refractivity contribution is 5.80. The summed E-state index contributed by atoms with van der Waals surface area (Å²) in [6.07, 6.45) is 1.97. The average Bonchev–Trinajstić information content (AvgIpc) is 2.61. The summed E-state index contributed by atoms with van der Waals surface area (Å²) in [6.45, 7) is 6.14. The van der Waals surface area contributed by atoms with E-state index < -0.39 is 5.97 Å². The smallest absolute Gasteiger partial charge is 0.303 e. The molecule has 5 heteroatoms. The second-order valence-electron chi connectivity index (χ2n) is 6.52. The molecule has 1 aliphatic heterocycles. The van der Waals surface area contributed by atoms with E-state index in [4.69, 9.17) is 10.1 Å². The summed E-state index contributed by atoms with van der Waals surface area (Å²) in [5.74, 6) is 0.348. The van der Waals surface area contributed by atoms with Crippen LogP contribution < -0.4 is 4.90 Å². The molecule has 0 amide bonds. The summed E-state index contributed by atoms with van der Waals surface area (Å²) in [7, 11) is 0. The largest absolute Gasteiger partial charge is 0.481 e. The Hall–Kier alpha value is -2.14. The van der Waals surface area contributed by atoms with Gasteiger partial charge in [0.15, 0.2) is 0 Å². The molecule has 128 valence electrons. The Kier molecular flexibility index (Phi) is 5.30. The lowest BCUT2D eigenvalue weighted by atomic mass is 10.1. The molecule has 3 rings (SSSR count). The molecule has 0 bridgehead atoms. The number of benzene rings is 1. The van der Waals surface area contributed by atoms with Crippen molar-refractivity contribution in [2.24, 2.45) is 0 Å². The number of nitrogens with zero attached hydrogens (tertiary/aromatic N) is 3. The van der Waals surface area contributed by atoms with Gasteiger partial charge in [0.1, 0.15) is 5.82 Å². The van der Waals surface area contributed by atoms with E-state index in [1.165, 1.54) is 5.39 Å². The highest BCUT2D eigenvalue weighted by Crippen LogP contribution is 2.20. The van der Waals surface area contributed by atoms with Gasteiger partial charge in [0.05, 0.1) is 5.52 Å². The Morgan fingerprint density at radius 2 is 1.92 bits per heavy atom. The van der Waals surface area contributed by atoms with Gasteiger partial charge >= 0.3 is 5.97 Å². The van der Waals surface area contributed by atoms with Gasteiger partial charge in [0.25, 0.3) is 0 Å². The van der Waals surface area contributed by atoms with Gasteiger partial charge in [-0.25, -0.2) is 4.98 Å². The van der Waals surface area contributed by atoms with Crippen molar-refractivity contribution in [2.45, 2.75) is 32.2 Å². The summed E-state index contributed by atoms with van der Waals surface area (Å²) in [4.78, 5) is 20.2. The van der Waals surface area contributed by atoms with Crippen LogP contribution in [0.3, 0.4) is 0 Å². The van der Waals surface area contributed by atoms with E-state index >= 15 is 0 Å². The van der Waals surface area contributed by atoms with Crippen molar-refractivity contribution in [2.75, 3.05) is 31.1 Å². The highest BCUT2D eigenvalue weighted by atomic mass is 16.4. The minimum Gasteiger partial charge on any atom is -0.481 e. The second-order valence-corrected chi connectivity index (χ2v) is 6.52. The minimum absolute atomic E-state index is 0.269. The summed E-state index contributed by atoms with van der Waals surface area (Å²) in [5.41, 5.74) is 1.04. The standard InChI is InChI=1S/C19H25N3O2/c1-15(5-4-8-19(23)24)21-11-13-22(14-12-21)18-10-9-16-6-2-3-7-17(16)20-18/h2-3,6-7,9-10,15H,4-5,8,11-14H2,1H3,(H,23,24). The summed E-state index contributed by atoms with van der Waals surface area (Å²) in [5, 5.41) is 9.92. The Bertz CT molecular complexity index is 696. The molecule has 0 radical (unpaired) electrons. The number of rotatable bonds is 6. The number of fused-ring (bicyclic) bond motifs is 1. The number of hydrogen-bond acceptors (Lipinski definition) is 4. The quantitative estimate of drug-likeness (QED) is 0.884. The zero-order valence-corrected chi connectivity index (χ0v) is 14.2. The van der Waals surface area contributed by atoms with Crippen LogP contribution in [0.1, 0.15) is 26.2 Å². The molecule has 1 aromatic carbocycles. The summed E-state index contributed by atoms with van der Waals surface area (Å²) >= 11 is 0. The van der Waals surface area contributed by atoms with E-state index in [1.807, 2.05) is 12.1 Å². The maximum absolute atomic E-state index is 10.6. The predicted octanol–water partition coefficient (Wildman–Crippen LogP) is 3.00. The van der Waals surface area contributed by atoms with Crippen molar-refractivity contribution in [3.8, 4) is 0 Å². The van der Waals surface area contributed by atoms with E-state index in [9.17, 15) is 4.79 Å². The molecular weight excluding hydrogens is 302 g/mol. The molecule has 5 nitrogen and oxygen atoms in total. The van der Waals surface area contributed by atoms with Crippen molar-refractivity contribution in [1.29, 1.82) is 0 Å². The van der Waals surface area contributed by atoms with Crippen LogP contribution in [0, 0.1) is 0 Å². The fraction of sp³-hybridized carbons (Fsp3) is 0.474. The fourth-order valence-corrected chi connectivity index (χ4v) is 3.35. The maximum atomic E-state index is 10.6. The first-order valence-electron chi connectivity index (χ1n) is 8.70. The topological polar surface area (TPSA) is 56.7 Å². The minimum atomic E-state index is -0.700. The third-order valence-electron chi connectivity index (χ3n) is 4.86. The van der Waals surface area contributed by atoms with Gasteiger partial charge in [0, 0.05) is 44.0 Å². The number of carboxylic acids is 1. The van der Waals surface area contributed by atoms with Crippen LogP contribution in [0.4, 0.5) is 5.82 Å². The number of aliphatic carboxylic acids is 1. The van der Waals surface area contributed by atoms with Crippen LogP contribution in [0.2, 0.25) is 0 Å². The summed E-state index contributed by atoms with van der Waals surface area (Å²) in [6, 6.07) is 12.9. The number of piperazine rings is 1. The Balaban J connectivity index is 1.55. The number of anilines is 1. The number of para-hydroxylation sites is 1. The molecule has 0 spiro atoms. The lowest BCUT2D eigenvalue weighted by molar-refractivity contribution is -0.137. The molecule has 2 aromatic rings. The van der Waals surface area contributed by atoms with Gasteiger partial charge in [0.2, 0.25) is 0 Å². The Labute approximate surface area is 142 Å². The lowest BCUT2D eigenvalue weighted by Gasteiger charge is -2.38. The normalized spacial score (nSPS) is 17.1. The number of carboxylic acid groups (broad SMARTS) is 1. The zero-order valence-electron chi connectivity index (χ0n) is 14.2. The van der Waals surface area contributed by atoms with E-state index in [2.05, 4.69) is 41.0 Å². The van der Waals surface area contributed by atoms with Crippen LogP contribution in [-0.4, -0.2) is 53.2 Å². The summed E-state index contributed by atoms with van der Waals surface area (Å²) < 4.78 is 0. The molecule has 24 heavy (non-hydrogen) atoms. The van der Waals surface area contributed by atoms with Gasteiger partial charge in [-0.3, -0.25) is 9.69 Å². The molecule has 0 aliphatic carbocycles. The average molecular weight is 327 g/mol. The Morgan fingerprint density at radius 3 is 2.67 bits per heavy atom. The molecule has 1 aromatic heterocycles. The number of aromatic nitrogens is 1. The molecule has 1 aliphatic rings. The molecule has 1 atom stereocenters. The third kappa shape index (κ3) is 4.03. The highest BCUT2D eigenvalue weighted by Gasteiger charge is 2.21. The lowest BCUT2D eigenvalue weighted by Crippen LogP contribution is -2.49. The molecule has 1 N–H and O–H groups in total. The number of pyridine rings is 1. The van der Waals surface area contributed by atoms with Gasteiger partial charge in [-0.15, -0.1) is 0 Å². The van der Waals surface area contributed by atoms with Crippen molar-refractivity contribution in [3.63, 3.8) is 0 Å². The molecule has 0 saturated carbocycles. The van der Waals surface area contributed by atoms with Crippen molar-refractivity contribution in [3.05, 3.63) is 36.4 Å². The van der Waals surface area contributed by atoms with Gasteiger partial charge in [-0.05, 0) is 38.0 Å².